The fourth-order valence-corrected chi connectivity index (χ4v) is 4.04. The molecule has 212 valence electrons. The van der Waals surface area contributed by atoms with Crippen molar-refractivity contribution in [3.05, 3.63) is 89.9 Å². The lowest BCUT2D eigenvalue weighted by Crippen LogP contribution is -2.24. The van der Waals surface area contributed by atoms with Gasteiger partial charge in [-0.2, -0.15) is 4.98 Å². The SMILES string of the molecule is C=CC(=O)N/C(CC)=C(/C=C\C)c1nc2nccc(-c3ccc(CNC(=O)c4nc(C(C)(C)C)no4)c(F)c3)c2[nH]1. The lowest BCUT2D eigenvalue weighted by Gasteiger charge is -2.10. The summed E-state index contributed by atoms with van der Waals surface area (Å²) in [6.45, 7) is 13.0. The molecule has 11 heteroatoms. The van der Waals surface area contributed by atoms with E-state index in [-0.39, 0.29) is 29.3 Å². The zero-order chi connectivity index (χ0) is 29.7. The molecule has 4 aromatic rings. The van der Waals surface area contributed by atoms with Crippen molar-refractivity contribution < 1.29 is 18.5 Å². The van der Waals surface area contributed by atoms with E-state index in [1.807, 2.05) is 46.8 Å². The molecule has 1 aromatic carbocycles. The number of fused-ring (bicyclic) bond motifs is 1. The third kappa shape index (κ3) is 6.46. The second-order valence-corrected chi connectivity index (χ2v) is 10.2. The fourth-order valence-electron chi connectivity index (χ4n) is 4.04. The number of H-pyrrole nitrogens is 1. The monoisotopic (exact) mass is 557 g/mol. The highest BCUT2D eigenvalue weighted by Gasteiger charge is 2.24. The van der Waals surface area contributed by atoms with Crippen molar-refractivity contribution >= 4 is 28.6 Å². The Bertz CT molecular complexity index is 1670. The predicted molar refractivity (Wildman–Crippen MR) is 154 cm³/mol. The smallest absolute Gasteiger partial charge is 0.315 e. The highest BCUT2D eigenvalue weighted by molar-refractivity contribution is 5.93. The number of carbonyl (C=O) groups excluding carboxylic acids is 2. The van der Waals surface area contributed by atoms with Crippen molar-refractivity contribution in [2.45, 2.75) is 53.0 Å². The number of allylic oxidation sites excluding steroid dienone is 4. The summed E-state index contributed by atoms with van der Waals surface area (Å²) in [5, 5.41) is 9.30. The van der Waals surface area contributed by atoms with Gasteiger partial charge in [0.15, 0.2) is 11.5 Å². The number of amides is 2. The van der Waals surface area contributed by atoms with Gasteiger partial charge in [0.25, 0.3) is 0 Å². The Morgan fingerprint density at radius 2 is 1.98 bits per heavy atom. The minimum absolute atomic E-state index is 0.0636. The second-order valence-electron chi connectivity index (χ2n) is 10.2. The lowest BCUT2D eigenvalue weighted by atomic mass is 9.96. The zero-order valence-electron chi connectivity index (χ0n) is 23.6. The van der Waals surface area contributed by atoms with Gasteiger partial charge < -0.3 is 20.1 Å². The van der Waals surface area contributed by atoms with Crippen molar-refractivity contribution in [3.8, 4) is 11.1 Å². The van der Waals surface area contributed by atoms with E-state index in [2.05, 4.69) is 42.3 Å². The van der Waals surface area contributed by atoms with Crippen LogP contribution in [0.2, 0.25) is 0 Å². The summed E-state index contributed by atoms with van der Waals surface area (Å²) in [6.07, 6.45) is 7.05. The largest absolute Gasteiger partial charge is 0.344 e. The average molecular weight is 558 g/mol. The lowest BCUT2D eigenvalue weighted by molar-refractivity contribution is -0.115. The summed E-state index contributed by atoms with van der Waals surface area (Å²) in [5.74, 6) is -0.666. The number of aromatic nitrogens is 5. The van der Waals surface area contributed by atoms with E-state index in [9.17, 15) is 9.59 Å². The standard InChI is InChI=1S/C30H32FN7O3/c1-7-10-20(22(8-2)34-23(39)9-3)25-35-24-19(13-14-32-26(24)36-25)17-11-12-18(21(31)15-17)16-33-27(40)28-37-29(38-41-28)30(4,5)6/h7,9-15H,3,8,16H2,1-2,4-6H3,(H,33,40)(H,34,39)(H,32,35,36)/b10-7-,22-20-. The number of nitrogens with one attached hydrogen (secondary N) is 3. The van der Waals surface area contributed by atoms with Gasteiger partial charge in [-0.1, -0.05) is 63.7 Å². The zero-order valence-corrected chi connectivity index (χ0v) is 23.6. The first-order chi connectivity index (χ1) is 19.5. The fraction of sp³-hybridized carbons (Fsp3) is 0.267. The molecule has 41 heavy (non-hydrogen) atoms. The number of aromatic amines is 1. The Hall–Kier alpha value is -4.93. The summed E-state index contributed by atoms with van der Waals surface area (Å²) >= 11 is 0. The van der Waals surface area contributed by atoms with Crippen LogP contribution >= 0.6 is 0 Å². The number of rotatable bonds is 9. The molecule has 3 heterocycles. The molecule has 0 atom stereocenters. The molecule has 0 saturated carbocycles. The third-order valence-corrected chi connectivity index (χ3v) is 6.21. The Kier molecular flexibility index (Phi) is 8.56. The molecule has 10 nitrogen and oxygen atoms in total. The first kappa shape index (κ1) is 29.1. The molecule has 0 radical (unpaired) electrons. The van der Waals surface area contributed by atoms with Crippen molar-refractivity contribution in [2.24, 2.45) is 0 Å². The summed E-state index contributed by atoms with van der Waals surface area (Å²) in [5.41, 5.74) is 3.62. The van der Waals surface area contributed by atoms with Gasteiger partial charge in [-0.25, -0.2) is 14.4 Å². The summed E-state index contributed by atoms with van der Waals surface area (Å²) in [4.78, 5) is 40.9. The van der Waals surface area contributed by atoms with E-state index in [4.69, 9.17) is 4.52 Å². The van der Waals surface area contributed by atoms with E-state index in [0.29, 0.717) is 51.6 Å². The summed E-state index contributed by atoms with van der Waals surface area (Å²) in [6, 6.07) is 6.52. The first-order valence-corrected chi connectivity index (χ1v) is 13.1. The van der Waals surface area contributed by atoms with Crippen LogP contribution in [0, 0.1) is 5.82 Å². The molecule has 0 fully saturated rings. The Morgan fingerprint density at radius 3 is 2.61 bits per heavy atom. The van der Waals surface area contributed by atoms with Crippen molar-refractivity contribution in [1.82, 2.24) is 35.7 Å². The topological polar surface area (TPSA) is 139 Å². The van der Waals surface area contributed by atoms with Gasteiger partial charge in [0, 0.05) is 40.6 Å². The van der Waals surface area contributed by atoms with Crippen LogP contribution in [-0.4, -0.2) is 36.9 Å². The molecule has 0 aliphatic carbocycles. The minimum atomic E-state index is -0.585. The number of pyridine rings is 1. The van der Waals surface area contributed by atoms with E-state index >= 15 is 4.39 Å². The van der Waals surface area contributed by atoms with Crippen LogP contribution in [0.15, 0.2) is 65.5 Å². The molecular weight excluding hydrogens is 525 g/mol. The van der Waals surface area contributed by atoms with Crippen LogP contribution in [0.3, 0.4) is 0 Å². The quantitative estimate of drug-likeness (QED) is 0.186. The van der Waals surface area contributed by atoms with Gasteiger partial charge in [-0.05, 0) is 37.1 Å². The molecule has 0 spiro atoms. The van der Waals surface area contributed by atoms with E-state index in [1.165, 1.54) is 12.1 Å². The molecule has 0 aliphatic rings. The van der Waals surface area contributed by atoms with Gasteiger partial charge in [0.2, 0.25) is 5.91 Å². The number of hydrogen-bond acceptors (Lipinski definition) is 7. The molecule has 0 aliphatic heterocycles. The van der Waals surface area contributed by atoms with Crippen molar-refractivity contribution in [2.75, 3.05) is 0 Å². The Balaban J connectivity index is 1.61. The molecular formula is C30H32FN7O3. The van der Waals surface area contributed by atoms with Gasteiger partial charge in [0.1, 0.15) is 11.6 Å². The predicted octanol–water partition coefficient (Wildman–Crippen LogP) is 5.37. The average Bonchev–Trinajstić information content (AvgIpc) is 3.62. The molecule has 0 saturated heterocycles. The molecule has 3 N–H and O–H groups in total. The van der Waals surface area contributed by atoms with Crippen LogP contribution in [0.4, 0.5) is 4.39 Å². The molecule has 4 rings (SSSR count). The Labute approximate surface area is 236 Å². The number of halogens is 1. The van der Waals surface area contributed by atoms with Crippen LogP contribution in [0.1, 0.15) is 68.9 Å². The van der Waals surface area contributed by atoms with E-state index in [0.717, 1.165) is 0 Å². The maximum atomic E-state index is 15.2. The minimum Gasteiger partial charge on any atom is -0.344 e. The normalized spacial score (nSPS) is 12.4. The maximum Gasteiger partial charge on any atom is 0.315 e. The van der Waals surface area contributed by atoms with Crippen molar-refractivity contribution in [3.63, 3.8) is 0 Å². The summed E-state index contributed by atoms with van der Waals surface area (Å²) in [7, 11) is 0. The van der Waals surface area contributed by atoms with E-state index < -0.39 is 11.7 Å². The van der Waals surface area contributed by atoms with Gasteiger partial charge in [0.05, 0.1) is 5.52 Å². The Morgan fingerprint density at radius 1 is 1.20 bits per heavy atom. The third-order valence-electron chi connectivity index (χ3n) is 6.21. The first-order valence-electron chi connectivity index (χ1n) is 13.1. The number of hydrogen-bond donors (Lipinski definition) is 3. The highest BCUT2D eigenvalue weighted by atomic mass is 19.1. The number of benzene rings is 1. The highest BCUT2D eigenvalue weighted by Crippen LogP contribution is 2.30. The van der Waals surface area contributed by atoms with Crippen LogP contribution in [0.5, 0.6) is 0 Å². The molecule has 0 bridgehead atoms. The van der Waals surface area contributed by atoms with Gasteiger partial charge in [-0.15, -0.1) is 0 Å². The maximum absolute atomic E-state index is 15.2. The molecule has 2 amide bonds. The molecule has 3 aromatic heterocycles. The number of imidazole rings is 1. The van der Waals surface area contributed by atoms with Gasteiger partial charge >= 0.3 is 11.8 Å². The van der Waals surface area contributed by atoms with Gasteiger partial charge in [-0.3, -0.25) is 9.59 Å². The molecule has 0 unspecified atom stereocenters. The summed E-state index contributed by atoms with van der Waals surface area (Å²) < 4.78 is 20.2. The second kappa shape index (κ2) is 12.1. The van der Waals surface area contributed by atoms with E-state index in [1.54, 1.807) is 24.4 Å². The number of nitrogens with zero attached hydrogens (tertiary/aromatic N) is 4. The van der Waals surface area contributed by atoms with Crippen LogP contribution in [-0.2, 0) is 16.8 Å². The van der Waals surface area contributed by atoms with Crippen LogP contribution in [0.25, 0.3) is 27.9 Å². The van der Waals surface area contributed by atoms with Crippen molar-refractivity contribution in [1.29, 1.82) is 0 Å². The number of carbonyl (C=O) groups is 2. The van der Waals surface area contributed by atoms with Crippen LogP contribution < -0.4 is 10.6 Å².